The minimum absolute atomic E-state index is 0.0141. The van der Waals surface area contributed by atoms with E-state index in [1.807, 2.05) is 37.3 Å². The lowest BCUT2D eigenvalue weighted by atomic mass is 9.97. The second-order valence-electron chi connectivity index (χ2n) is 6.56. The van der Waals surface area contributed by atoms with Crippen LogP contribution in [0.1, 0.15) is 38.2 Å². The van der Waals surface area contributed by atoms with E-state index in [9.17, 15) is 13.2 Å². The highest BCUT2D eigenvalue weighted by Gasteiger charge is 2.33. The summed E-state index contributed by atoms with van der Waals surface area (Å²) in [5.41, 5.74) is 1.06. The zero-order valence-corrected chi connectivity index (χ0v) is 16.0. The van der Waals surface area contributed by atoms with Crippen LogP contribution in [0.4, 0.5) is 0 Å². The van der Waals surface area contributed by atoms with Crippen LogP contribution in [-0.2, 0) is 21.5 Å². The molecule has 7 heteroatoms. The summed E-state index contributed by atoms with van der Waals surface area (Å²) in [4.78, 5) is 12.3. The number of carbonyl (C=O) groups excluding carboxylic acids is 1. The predicted molar refractivity (Wildman–Crippen MR) is 99.0 cm³/mol. The Bertz CT molecular complexity index is 641. The number of rotatable bonds is 8. The van der Waals surface area contributed by atoms with Crippen LogP contribution >= 0.6 is 0 Å². The highest BCUT2D eigenvalue weighted by atomic mass is 32.2. The number of benzene rings is 1. The van der Waals surface area contributed by atoms with Crippen molar-refractivity contribution in [3.8, 4) is 0 Å². The summed E-state index contributed by atoms with van der Waals surface area (Å²) in [6.45, 7) is 3.90. The number of hydrogen-bond donors (Lipinski definition) is 1. The van der Waals surface area contributed by atoms with Gasteiger partial charge in [0.1, 0.15) is 0 Å². The molecule has 0 bridgehead atoms. The average Bonchev–Trinajstić information content (AvgIpc) is 2.65. The van der Waals surface area contributed by atoms with E-state index >= 15 is 0 Å². The van der Waals surface area contributed by atoms with Crippen molar-refractivity contribution < 1.29 is 13.2 Å². The number of hydrogen-bond acceptors (Lipinski definition) is 3. The van der Waals surface area contributed by atoms with Gasteiger partial charge in [0.05, 0.1) is 0 Å². The quantitative estimate of drug-likeness (QED) is 0.764. The summed E-state index contributed by atoms with van der Waals surface area (Å²) in [5, 5.41) is 2.96. The van der Waals surface area contributed by atoms with Crippen LogP contribution in [0, 0.1) is 5.92 Å². The number of amides is 1. The third-order valence-electron chi connectivity index (χ3n) is 4.68. The Balaban J connectivity index is 1.81. The Labute approximate surface area is 151 Å². The van der Waals surface area contributed by atoms with Crippen molar-refractivity contribution in [1.82, 2.24) is 13.9 Å². The molecule has 1 heterocycles. The minimum atomic E-state index is -3.40. The van der Waals surface area contributed by atoms with Crippen LogP contribution in [0.5, 0.6) is 0 Å². The fourth-order valence-electron chi connectivity index (χ4n) is 2.97. The maximum absolute atomic E-state index is 12.5. The van der Waals surface area contributed by atoms with Gasteiger partial charge < -0.3 is 5.32 Å². The first-order chi connectivity index (χ1) is 11.9. The molecule has 2 rings (SSSR count). The Morgan fingerprint density at radius 2 is 1.88 bits per heavy atom. The minimum Gasteiger partial charge on any atom is -0.352 e. The van der Waals surface area contributed by atoms with Crippen LogP contribution in [0.2, 0.25) is 0 Å². The first-order valence-corrected chi connectivity index (χ1v) is 10.4. The summed E-state index contributed by atoms with van der Waals surface area (Å²) in [5.74, 6) is -0.101. The summed E-state index contributed by atoms with van der Waals surface area (Å²) < 4.78 is 28.0. The number of piperidine rings is 1. The van der Waals surface area contributed by atoms with Gasteiger partial charge in [0.2, 0.25) is 5.91 Å². The van der Waals surface area contributed by atoms with Crippen molar-refractivity contribution in [2.45, 2.75) is 39.2 Å². The third kappa shape index (κ3) is 5.52. The van der Waals surface area contributed by atoms with Crippen molar-refractivity contribution in [3.63, 3.8) is 0 Å². The molecule has 1 amide bonds. The van der Waals surface area contributed by atoms with E-state index in [1.54, 1.807) is 7.05 Å². The topological polar surface area (TPSA) is 69.7 Å². The zero-order valence-electron chi connectivity index (χ0n) is 15.1. The Kier molecular flexibility index (Phi) is 7.40. The average molecular weight is 368 g/mol. The molecule has 0 radical (unpaired) electrons. The van der Waals surface area contributed by atoms with Gasteiger partial charge in [-0.3, -0.25) is 4.79 Å². The standard InChI is InChI=1S/C18H29N3O3S/c1-3-4-12-20(2)25(23,24)21-13-10-17(11-14-21)18(22)19-15-16-8-6-5-7-9-16/h5-9,17H,3-4,10-15H2,1-2H3,(H,19,22). The molecule has 0 spiro atoms. The van der Waals surface area contributed by atoms with Crippen molar-refractivity contribution in [2.24, 2.45) is 5.92 Å². The van der Waals surface area contributed by atoms with Crippen molar-refractivity contribution in [3.05, 3.63) is 35.9 Å². The van der Waals surface area contributed by atoms with E-state index < -0.39 is 10.2 Å². The molecule has 6 nitrogen and oxygen atoms in total. The van der Waals surface area contributed by atoms with Gasteiger partial charge in [0, 0.05) is 39.1 Å². The monoisotopic (exact) mass is 367 g/mol. The van der Waals surface area contributed by atoms with Gasteiger partial charge in [-0.1, -0.05) is 43.7 Å². The van der Waals surface area contributed by atoms with Crippen LogP contribution in [0.25, 0.3) is 0 Å². The zero-order chi connectivity index (χ0) is 18.3. The van der Waals surface area contributed by atoms with Crippen LogP contribution in [-0.4, -0.2) is 49.6 Å². The maximum atomic E-state index is 12.5. The Hall–Kier alpha value is -1.44. The first-order valence-electron chi connectivity index (χ1n) is 8.98. The van der Waals surface area contributed by atoms with E-state index in [0.29, 0.717) is 39.0 Å². The fraction of sp³-hybridized carbons (Fsp3) is 0.611. The SMILES string of the molecule is CCCCN(C)S(=O)(=O)N1CCC(C(=O)NCc2ccccc2)CC1. The van der Waals surface area contributed by atoms with E-state index in [-0.39, 0.29) is 11.8 Å². The summed E-state index contributed by atoms with van der Waals surface area (Å²) in [6, 6.07) is 9.78. The fourth-order valence-corrected chi connectivity index (χ4v) is 4.40. The summed E-state index contributed by atoms with van der Waals surface area (Å²) >= 11 is 0. The molecule has 1 aliphatic rings. The Morgan fingerprint density at radius 1 is 1.24 bits per heavy atom. The molecule has 0 atom stereocenters. The summed E-state index contributed by atoms with van der Waals surface area (Å²) in [7, 11) is -1.78. The predicted octanol–water partition coefficient (Wildman–Crippen LogP) is 1.99. The van der Waals surface area contributed by atoms with Crippen LogP contribution in [0.15, 0.2) is 30.3 Å². The molecule has 0 aromatic heterocycles. The van der Waals surface area contributed by atoms with Crippen molar-refractivity contribution >= 4 is 16.1 Å². The number of carbonyl (C=O) groups is 1. The molecule has 0 unspecified atom stereocenters. The van der Waals surface area contributed by atoms with Gasteiger partial charge in [0.15, 0.2) is 0 Å². The highest BCUT2D eigenvalue weighted by molar-refractivity contribution is 7.86. The molecule has 1 N–H and O–H groups in total. The molecule has 25 heavy (non-hydrogen) atoms. The van der Waals surface area contributed by atoms with E-state index in [4.69, 9.17) is 0 Å². The second kappa shape index (κ2) is 9.31. The molecule has 1 saturated heterocycles. The van der Waals surface area contributed by atoms with E-state index in [0.717, 1.165) is 18.4 Å². The number of nitrogens with zero attached hydrogens (tertiary/aromatic N) is 2. The molecule has 1 fully saturated rings. The molecule has 140 valence electrons. The molecular weight excluding hydrogens is 338 g/mol. The smallest absolute Gasteiger partial charge is 0.281 e. The van der Waals surface area contributed by atoms with Crippen molar-refractivity contribution in [1.29, 1.82) is 0 Å². The van der Waals surface area contributed by atoms with Crippen molar-refractivity contribution in [2.75, 3.05) is 26.7 Å². The molecule has 0 saturated carbocycles. The number of unbranched alkanes of at least 4 members (excludes halogenated alkanes) is 1. The maximum Gasteiger partial charge on any atom is 0.281 e. The normalized spacial score (nSPS) is 16.9. The van der Waals surface area contributed by atoms with Gasteiger partial charge in [-0.05, 0) is 24.8 Å². The van der Waals surface area contributed by atoms with Gasteiger partial charge in [-0.2, -0.15) is 17.0 Å². The van der Waals surface area contributed by atoms with Gasteiger partial charge in [0.25, 0.3) is 10.2 Å². The van der Waals surface area contributed by atoms with E-state index in [1.165, 1.54) is 8.61 Å². The molecular formula is C18H29N3O3S. The third-order valence-corrected chi connectivity index (χ3v) is 6.67. The largest absolute Gasteiger partial charge is 0.352 e. The molecule has 1 aromatic carbocycles. The first kappa shape index (κ1) is 19.9. The number of nitrogens with one attached hydrogen (secondary N) is 1. The van der Waals surface area contributed by atoms with Crippen LogP contribution in [0.3, 0.4) is 0 Å². The summed E-state index contributed by atoms with van der Waals surface area (Å²) in [6.07, 6.45) is 2.96. The van der Waals surface area contributed by atoms with Gasteiger partial charge >= 0.3 is 0 Å². The highest BCUT2D eigenvalue weighted by Crippen LogP contribution is 2.21. The second-order valence-corrected chi connectivity index (χ2v) is 8.60. The lowest BCUT2D eigenvalue weighted by Crippen LogP contribution is -2.47. The lowest BCUT2D eigenvalue weighted by Gasteiger charge is -2.33. The lowest BCUT2D eigenvalue weighted by molar-refractivity contribution is -0.126. The van der Waals surface area contributed by atoms with Gasteiger partial charge in [-0.15, -0.1) is 0 Å². The molecule has 1 aromatic rings. The molecule has 0 aliphatic carbocycles. The molecule has 1 aliphatic heterocycles. The Morgan fingerprint density at radius 3 is 2.48 bits per heavy atom. The van der Waals surface area contributed by atoms with Gasteiger partial charge in [-0.25, -0.2) is 0 Å². The van der Waals surface area contributed by atoms with Crippen LogP contribution < -0.4 is 5.32 Å². The van der Waals surface area contributed by atoms with E-state index in [2.05, 4.69) is 5.32 Å².